The number of amides is 1. The van der Waals surface area contributed by atoms with Crippen LogP contribution in [0.1, 0.15) is 37.8 Å². The molecule has 25 heavy (non-hydrogen) atoms. The van der Waals surface area contributed by atoms with Crippen molar-refractivity contribution in [2.24, 2.45) is 4.99 Å². The molecule has 0 atom stereocenters. The Balaban J connectivity index is 1.93. The maximum absolute atomic E-state index is 11.6. The van der Waals surface area contributed by atoms with Gasteiger partial charge in [-0.3, -0.25) is 0 Å². The molecule has 2 rings (SSSR count). The Morgan fingerprint density at radius 1 is 1.24 bits per heavy atom. The van der Waals surface area contributed by atoms with Crippen molar-refractivity contribution < 1.29 is 9.53 Å². The molecule has 0 unspecified atom stereocenters. The normalized spacial score (nSPS) is 15.8. The van der Waals surface area contributed by atoms with Gasteiger partial charge < -0.3 is 20.3 Å². The van der Waals surface area contributed by atoms with Crippen LogP contribution in [0.4, 0.5) is 4.79 Å². The summed E-state index contributed by atoms with van der Waals surface area (Å²) < 4.78 is 4.78. The summed E-state index contributed by atoms with van der Waals surface area (Å²) in [5.41, 5.74) is 2.61. The Morgan fingerprint density at radius 3 is 2.52 bits per heavy atom. The summed E-state index contributed by atoms with van der Waals surface area (Å²) in [4.78, 5) is 18.1. The second-order valence-corrected chi connectivity index (χ2v) is 6.19. The van der Waals surface area contributed by atoms with Crippen molar-refractivity contribution in [3.05, 3.63) is 35.4 Å². The fourth-order valence-electron chi connectivity index (χ4n) is 3.07. The molecule has 0 aliphatic carbocycles. The number of nitrogens with one attached hydrogen (secondary N) is 2. The van der Waals surface area contributed by atoms with Gasteiger partial charge in [0.15, 0.2) is 5.96 Å². The van der Waals surface area contributed by atoms with Crippen LogP contribution in [-0.2, 0) is 17.7 Å². The second-order valence-electron chi connectivity index (χ2n) is 6.19. The quantitative estimate of drug-likeness (QED) is 0.635. The molecule has 1 aromatic carbocycles. The summed E-state index contributed by atoms with van der Waals surface area (Å²) in [7, 11) is 1.43. The number of carbonyl (C=O) groups excluding carboxylic acids is 1. The van der Waals surface area contributed by atoms with Crippen molar-refractivity contribution in [1.29, 1.82) is 0 Å². The number of rotatable bonds is 5. The van der Waals surface area contributed by atoms with Crippen LogP contribution in [0.5, 0.6) is 0 Å². The van der Waals surface area contributed by atoms with E-state index in [0.29, 0.717) is 25.7 Å². The highest BCUT2D eigenvalue weighted by Gasteiger charge is 2.23. The Kier molecular flexibility index (Phi) is 7.57. The van der Waals surface area contributed by atoms with Crippen molar-refractivity contribution >= 4 is 12.1 Å². The van der Waals surface area contributed by atoms with Crippen molar-refractivity contribution in [3.8, 4) is 0 Å². The van der Waals surface area contributed by atoms with Gasteiger partial charge in [-0.2, -0.15) is 0 Å². The molecule has 2 N–H and O–H groups in total. The zero-order chi connectivity index (χ0) is 18.1. The highest BCUT2D eigenvalue weighted by atomic mass is 16.5. The molecule has 0 radical (unpaired) electrons. The predicted octanol–water partition coefficient (Wildman–Crippen LogP) is 2.53. The third kappa shape index (κ3) is 5.66. The van der Waals surface area contributed by atoms with E-state index in [1.807, 2.05) is 0 Å². The minimum absolute atomic E-state index is 0.241. The fourth-order valence-corrected chi connectivity index (χ4v) is 3.07. The molecule has 1 amide bonds. The molecule has 1 fully saturated rings. The van der Waals surface area contributed by atoms with Crippen LogP contribution in [0.25, 0.3) is 0 Å². The fraction of sp³-hybridized carbons (Fsp3) is 0.579. The van der Waals surface area contributed by atoms with Gasteiger partial charge in [0.2, 0.25) is 0 Å². The van der Waals surface area contributed by atoms with E-state index in [1.54, 1.807) is 4.90 Å². The summed E-state index contributed by atoms with van der Waals surface area (Å²) in [6, 6.07) is 8.76. The lowest BCUT2D eigenvalue weighted by atomic mass is 10.1. The number of hydrogen-bond donors (Lipinski definition) is 2. The van der Waals surface area contributed by atoms with Crippen molar-refractivity contribution in [2.75, 3.05) is 26.7 Å². The lowest BCUT2D eigenvalue weighted by Gasteiger charge is -2.32. The monoisotopic (exact) mass is 346 g/mol. The number of benzene rings is 1. The lowest BCUT2D eigenvalue weighted by Crippen LogP contribution is -2.49. The number of nitrogens with zero attached hydrogens (tertiary/aromatic N) is 2. The van der Waals surface area contributed by atoms with Crippen molar-refractivity contribution in [2.45, 2.75) is 45.7 Å². The minimum atomic E-state index is -0.241. The second kappa shape index (κ2) is 9.91. The Labute approximate surface area is 150 Å². The highest BCUT2D eigenvalue weighted by Crippen LogP contribution is 2.12. The summed E-state index contributed by atoms with van der Waals surface area (Å²) in [6.45, 7) is 7.14. The molecular formula is C19H30N4O2. The zero-order valence-electron chi connectivity index (χ0n) is 15.5. The minimum Gasteiger partial charge on any atom is -0.453 e. The molecular weight excluding hydrogens is 316 g/mol. The van der Waals surface area contributed by atoms with Gasteiger partial charge in [0.25, 0.3) is 0 Å². The van der Waals surface area contributed by atoms with Gasteiger partial charge in [-0.15, -0.1) is 0 Å². The van der Waals surface area contributed by atoms with E-state index in [2.05, 4.69) is 48.7 Å². The van der Waals surface area contributed by atoms with E-state index in [-0.39, 0.29) is 6.09 Å². The number of ether oxygens (including phenoxy) is 1. The molecule has 1 saturated heterocycles. The average Bonchev–Trinajstić information content (AvgIpc) is 2.66. The predicted molar refractivity (Wildman–Crippen MR) is 101 cm³/mol. The maximum Gasteiger partial charge on any atom is 0.409 e. The third-order valence-electron chi connectivity index (χ3n) is 4.52. The standard InChI is InChI=1S/C19H30N4O2/c1-4-15-8-6-7-9-16(15)14-21-18(20-5-2)22-17-10-12-23(13-11-17)19(24)25-3/h6-9,17H,4-5,10-14H2,1-3H3,(H2,20,21,22). The maximum atomic E-state index is 11.6. The molecule has 6 nitrogen and oxygen atoms in total. The number of aliphatic imine (C=N–C) groups is 1. The molecule has 0 bridgehead atoms. The number of methoxy groups -OCH3 is 1. The molecule has 138 valence electrons. The lowest BCUT2D eigenvalue weighted by molar-refractivity contribution is 0.111. The molecule has 1 aliphatic heterocycles. The van der Waals surface area contributed by atoms with E-state index in [4.69, 9.17) is 9.73 Å². The van der Waals surface area contributed by atoms with Gasteiger partial charge in [0.1, 0.15) is 0 Å². The first kappa shape index (κ1) is 19.1. The topological polar surface area (TPSA) is 66.0 Å². The van der Waals surface area contributed by atoms with Crippen LogP contribution in [0.2, 0.25) is 0 Å². The first-order chi connectivity index (χ1) is 12.2. The summed E-state index contributed by atoms with van der Waals surface area (Å²) >= 11 is 0. The number of likely N-dealkylation sites (tertiary alicyclic amines) is 1. The van der Waals surface area contributed by atoms with E-state index in [1.165, 1.54) is 18.2 Å². The van der Waals surface area contributed by atoms with E-state index in [0.717, 1.165) is 31.8 Å². The Morgan fingerprint density at radius 2 is 1.92 bits per heavy atom. The Hall–Kier alpha value is -2.24. The van der Waals surface area contributed by atoms with E-state index in [9.17, 15) is 4.79 Å². The molecule has 0 saturated carbocycles. The number of guanidine groups is 1. The molecule has 6 heteroatoms. The molecule has 0 spiro atoms. The van der Waals surface area contributed by atoms with E-state index >= 15 is 0 Å². The molecule has 1 aromatic rings. The summed E-state index contributed by atoms with van der Waals surface area (Å²) in [5.74, 6) is 0.838. The third-order valence-corrected chi connectivity index (χ3v) is 4.52. The number of aryl methyl sites for hydroxylation is 1. The zero-order valence-corrected chi connectivity index (χ0v) is 15.5. The molecule has 0 aromatic heterocycles. The summed E-state index contributed by atoms with van der Waals surface area (Å²) in [6.07, 6.45) is 2.56. The van der Waals surface area contributed by atoms with Gasteiger partial charge in [-0.25, -0.2) is 9.79 Å². The van der Waals surface area contributed by atoms with Gasteiger partial charge in [0.05, 0.1) is 13.7 Å². The van der Waals surface area contributed by atoms with E-state index < -0.39 is 0 Å². The first-order valence-electron chi connectivity index (χ1n) is 9.12. The number of piperidine rings is 1. The molecule has 1 aliphatic rings. The van der Waals surface area contributed by atoms with Crippen LogP contribution in [-0.4, -0.2) is 49.7 Å². The SMILES string of the molecule is CCNC(=NCc1ccccc1CC)NC1CCN(C(=O)OC)CC1. The van der Waals surface area contributed by atoms with Crippen LogP contribution in [0.3, 0.4) is 0 Å². The number of carbonyl (C=O) groups is 1. The Bertz CT molecular complexity index is 581. The smallest absolute Gasteiger partial charge is 0.409 e. The molecule has 1 heterocycles. The van der Waals surface area contributed by atoms with Gasteiger partial charge in [-0.05, 0) is 37.3 Å². The number of hydrogen-bond acceptors (Lipinski definition) is 3. The van der Waals surface area contributed by atoms with Gasteiger partial charge >= 0.3 is 6.09 Å². The van der Waals surface area contributed by atoms with Crippen molar-refractivity contribution in [3.63, 3.8) is 0 Å². The largest absolute Gasteiger partial charge is 0.453 e. The van der Waals surface area contributed by atoms with Crippen LogP contribution in [0.15, 0.2) is 29.3 Å². The van der Waals surface area contributed by atoms with Crippen molar-refractivity contribution in [1.82, 2.24) is 15.5 Å². The van der Waals surface area contributed by atoms with Crippen LogP contribution >= 0.6 is 0 Å². The van der Waals surface area contributed by atoms with Gasteiger partial charge in [0, 0.05) is 25.7 Å². The summed E-state index contributed by atoms with van der Waals surface area (Å²) in [5, 5.41) is 6.82. The average molecular weight is 346 g/mol. The van der Waals surface area contributed by atoms with Crippen LogP contribution < -0.4 is 10.6 Å². The first-order valence-corrected chi connectivity index (χ1v) is 9.12. The highest BCUT2D eigenvalue weighted by molar-refractivity contribution is 5.80. The van der Waals surface area contributed by atoms with Crippen LogP contribution in [0, 0.1) is 0 Å². The van der Waals surface area contributed by atoms with Gasteiger partial charge in [-0.1, -0.05) is 31.2 Å².